The zero-order chi connectivity index (χ0) is 19.1. The van der Waals surface area contributed by atoms with Gasteiger partial charge in [0.2, 0.25) is 0 Å². The fraction of sp³-hybridized carbons (Fsp3) is 0.950. The smallest absolute Gasteiger partial charge is 0.308 e. The number of carbonyl (C=O) groups excluding carboxylic acids is 1. The maximum absolute atomic E-state index is 12.1. The van der Waals surface area contributed by atoms with Crippen molar-refractivity contribution in [2.45, 2.75) is 122 Å². The Labute approximate surface area is 153 Å². The largest absolute Gasteiger partial charge is 0.462 e. The van der Waals surface area contributed by atoms with E-state index in [9.17, 15) is 20.1 Å². The Bertz CT molecular complexity index is 321. The molecule has 0 unspecified atom stereocenters. The van der Waals surface area contributed by atoms with Crippen LogP contribution in [0.25, 0.3) is 0 Å². The molecule has 25 heavy (non-hydrogen) atoms. The first-order chi connectivity index (χ1) is 11.9. The Balaban J connectivity index is 4.23. The summed E-state index contributed by atoms with van der Waals surface area (Å²) in [4.78, 5) is 12.1. The molecule has 0 spiro atoms. The van der Waals surface area contributed by atoms with Crippen LogP contribution in [0, 0.1) is 0 Å². The lowest BCUT2D eigenvalue weighted by Gasteiger charge is -2.21. The van der Waals surface area contributed by atoms with Crippen molar-refractivity contribution < 1.29 is 24.9 Å². The SMILES string of the molecule is CCCCC[C@@H](O)C[C@@H](O)CC(=O)O[C@H](CCCCC)C[C@@H](O)CC. The van der Waals surface area contributed by atoms with Crippen LogP contribution >= 0.6 is 0 Å². The molecule has 0 aromatic carbocycles. The van der Waals surface area contributed by atoms with E-state index < -0.39 is 24.3 Å². The number of rotatable bonds is 16. The predicted octanol–water partition coefficient (Wildman–Crippen LogP) is 3.72. The van der Waals surface area contributed by atoms with Gasteiger partial charge in [-0.15, -0.1) is 0 Å². The van der Waals surface area contributed by atoms with Gasteiger partial charge >= 0.3 is 5.97 Å². The normalized spacial score (nSPS) is 16.2. The van der Waals surface area contributed by atoms with Crippen LogP contribution in [0.1, 0.15) is 97.8 Å². The predicted molar refractivity (Wildman–Crippen MR) is 100 cm³/mol. The molecule has 0 rings (SSSR count). The van der Waals surface area contributed by atoms with Crippen molar-refractivity contribution in [1.82, 2.24) is 0 Å². The molecule has 0 aliphatic rings. The van der Waals surface area contributed by atoms with Crippen LogP contribution in [-0.2, 0) is 9.53 Å². The summed E-state index contributed by atoms with van der Waals surface area (Å²) < 4.78 is 5.48. The molecular weight excluding hydrogens is 320 g/mol. The first kappa shape index (κ1) is 24.4. The molecule has 0 amide bonds. The molecule has 150 valence electrons. The van der Waals surface area contributed by atoms with Crippen LogP contribution in [-0.4, -0.2) is 45.7 Å². The van der Waals surface area contributed by atoms with E-state index in [-0.39, 0.29) is 18.9 Å². The third kappa shape index (κ3) is 14.2. The quantitative estimate of drug-likeness (QED) is 0.288. The summed E-state index contributed by atoms with van der Waals surface area (Å²) in [5, 5.41) is 29.7. The highest BCUT2D eigenvalue weighted by molar-refractivity contribution is 5.70. The van der Waals surface area contributed by atoms with E-state index in [0.29, 0.717) is 19.3 Å². The van der Waals surface area contributed by atoms with Crippen molar-refractivity contribution in [2.24, 2.45) is 0 Å². The van der Waals surface area contributed by atoms with Crippen LogP contribution in [0.3, 0.4) is 0 Å². The number of aliphatic hydroxyl groups excluding tert-OH is 3. The van der Waals surface area contributed by atoms with Crippen molar-refractivity contribution in [3.05, 3.63) is 0 Å². The molecule has 0 aliphatic heterocycles. The minimum Gasteiger partial charge on any atom is -0.462 e. The van der Waals surface area contributed by atoms with Gasteiger partial charge in [-0.2, -0.15) is 0 Å². The monoisotopic (exact) mass is 360 g/mol. The molecule has 0 aliphatic carbocycles. The average molecular weight is 361 g/mol. The van der Waals surface area contributed by atoms with Crippen LogP contribution in [0.15, 0.2) is 0 Å². The maximum Gasteiger partial charge on any atom is 0.308 e. The summed E-state index contributed by atoms with van der Waals surface area (Å²) >= 11 is 0. The Morgan fingerprint density at radius 2 is 1.40 bits per heavy atom. The van der Waals surface area contributed by atoms with Gasteiger partial charge in [-0.1, -0.05) is 52.9 Å². The zero-order valence-corrected chi connectivity index (χ0v) is 16.5. The van der Waals surface area contributed by atoms with E-state index in [0.717, 1.165) is 44.9 Å². The van der Waals surface area contributed by atoms with Crippen molar-refractivity contribution >= 4 is 5.97 Å². The number of ether oxygens (including phenoxy) is 1. The summed E-state index contributed by atoms with van der Waals surface area (Å²) in [6, 6.07) is 0. The lowest BCUT2D eigenvalue weighted by atomic mass is 10.0. The van der Waals surface area contributed by atoms with E-state index in [1.54, 1.807) is 0 Å². The van der Waals surface area contributed by atoms with Crippen molar-refractivity contribution in [2.75, 3.05) is 0 Å². The molecule has 5 nitrogen and oxygen atoms in total. The Hall–Kier alpha value is -0.650. The molecule has 0 saturated carbocycles. The van der Waals surface area contributed by atoms with Gasteiger partial charge in [0.1, 0.15) is 6.10 Å². The van der Waals surface area contributed by atoms with Crippen molar-refractivity contribution in [3.63, 3.8) is 0 Å². The highest BCUT2D eigenvalue weighted by atomic mass is 16.5. The summed E-state index contributed by atoms with van der Waals surface area (Å²) in [5.74, 6) is -0.446. The molecule has 4 atom stereocenters. The molecule has 0 bridgehead atoms. The first-order valence-electron chi connectivity index (χ1n) is 10.2. The van der Waals surface area contributed by atoms with Gasteiger partial charge in [0.15, 0.2) is 0 Å². The molecule has 5 heteroatoms. The highest BCUT2D eigenvalue weighted by Gasteiger charge is 2.21. The number of aliphatic hydroxyl groups is 3. The average Bonchev–Trinajstić information content (AvgIpc) is 2.54. The molecule has 0 saturated heterocycles. The summed E-state index contributed by atoms with van der Waals surface area (Å²) in [6.45, 7) is 6.12. The second kappa shape index (κ2) is 15.6. The Morgan fingerprint density at radius 1 is 0.800 bits per heavy atom. The van der Waals surface area contributed by atoms with Gasteiger partial charge in [0.05, 0.1) is 24.7 Å². The zero-order valence-electron chi connectivity index (χ0n) is 16.5. The second-order valence-electron chi connectivity index (χ2n) is 7.15. The minimum atomic E-state index is -0.878. The summed E-state index contributed by atoms with van der Waals surface area (Å²) in [6.07, 6.45) is 6.58. The lowest BCUT2D eigenvalue weighted by Crippen LogP contribution is -2.27. The van der Waals surface area contributed by atoms with E-state index in [1.807, 2.05) is 6.92 Å². The number of unbranched alkanes of at least 4 members (excludes halogenated alkanes) is 4. The molecule has 3 N–H and O–H groups in total. The standard InChI is InChI=1S/C20H40O5/c1-4-7-9-11-17(22)13-18(23)15-20(24)25-19(12-10-8-5-2)14-16(21)6-3/h16-19,21-23H,4-15H2,1-3H3/t16-,17+,18+,19+/m0/s1. The van der Waals surface area contributed by atoms with E-state index in [1.165, 1.54) is 0 Å². The molecular formula is C20H40O5. The van der Waals surface area contributed by atoms with Gasteiger partial charge in [-0.05, 0) is 32.1 Å². The van der Waals surface area contributed by atoms with Crippen LogP contribution < -0.4 is 0 Å². The second-order valence-corrected chi connectivity index (χ2v) is 7.15. The fourth-order valence-corrected chi connectivity index (χ4v) is 2.89. The van der Waals surface area contributed by atoms with Crippen LogP contribution in [0.5, 0.6) is 0 Å². The van der Waals surface area contributed by atoms with Gasteiger partial charge in [-0.25, -0.2) is 0 Å². The van der Waals surface area contributed by atoms with Crippen LogP contribution in [0.2, 0.25) is 0 Å². The topological polar surface area (TPSA) is 87.0 Å². The van der Waals surface area contributed by atoms with E-state index >= 15 is 0 Å². The first-order valence-corrected chi connectivity index (χ1v) is 10.2. The fourth-order valence-electron chi connectivity index (χ4n) is 2.89. The van der Waals surface area contributed by atoms with Crippen LogP contribution in [0.4, 0.5) is 0 Å². The molecule has 0 heterocycles. The summed E-state index contributed by atoms with van der Waals surface area (Å²) in [7, 11) is 0. The van der Waals surface area contributed by atoms with Crippen molar-refractivity contribution in [1.29, 1.82) is 0 Å². The molecule has 0 fully saturated rings. The number of hydrogen-bond donors (Lipinski definition) is 3. The van der Waals surface area contributed by atoms with Crippen molar-refractivity contribution in [3.8, 4) is 0 Å². The van der Waals surface area contributed by atoms with Gasteiger partial charge in [0.25, 0.3) is 0 Å². The van der Waals surface area contributed by atoms with E-state index in [2.05, 4.69) is 13.8 Å². The Kier molecular flexibility index (Phi) is 15.2. The van der Waals surface area contributed by atoms with Gasteiger partial charge < -0.3 is 20.1 Å². The van der Waals surface area contributed by atoms with E-state index in [4.69, 9.17) is 4.74 Å². The lowest BCUT2D eigenvalue weighted by molar-refractivity contribution is -0.153. The maximum atomic E-state index is 12.1. The third-order valence-electron chi connectivity index (χ3n) is 4.52. The Morgan fingerprint density at radius 3 is 1.96 bits per heavy atom. The minimum absolute atomic E-state index is 0.0999. The van der Waals surface area contributed by atoms with Gasteiger partial charge in [-0.3, -0.25) is 4.79 Å². The molecule has 0 aromatic heterocycles. The number of esters is 1. The molecule has 0 aromatic rings. The number of hydrogen-bond acceptors (Lipinski definition) is 5. The third-order valence-corrected chi connectivity index (χ3v) is 4.52. The molecule has 0 radical (unpaired) electrons. The summed E-state index contributed by atoms with van der Waals surface area (Å²) in [5.41, 5.74) is 0. The van der Waals surface area contributed by atoms with Gasteiger partial charge in [0, 0.05) is 6.42 Å². The highest BCUT2D eigenvalue weighted by Crippen LogP contribution is 2.16. The number of carbonyl (C=O) groups is 1.